The number of benzene rings is 1. The molecule has 0 radical (unpaired) electrons. The minimum Gasteiger partial charge on any atom is -0.382 e. The smallest absolute Gasteiger partial charge is 0.253 e. The Labute approximate surface area is 95.6 Å². The highest BCUT2D eigenvalue weighted by Gasteiger charge is 2.13. The summed E-state index contributed by atoms with van der Waals surface area (Å²) in [4.78, 5) is 13.6. The van der Waals surface area contributed by atoms with Crippen LogP contribution in [0.4, 0.5) is 11.4 Å². The van der Waals surface area contributed by atoms with Crippen molar-refractivity contribution in [2.24, 2.45) is 0 Å². The fraction of sp³-hybridized carbons (Fsp3) is 0.417. The number of amides is 1. The Balaban J connectivity index is 2.26. The molecule has 0 saturated heterocycles. The second-order valence-electron chi connectivity index (χ2n) is 3.93. The number of fused-ring (bicyclic) bond motifs is 1. The standard InChI is InChI=1S/C12H17N3O/c1-3-15(2)12(16)9-4-5-10-11(8-9)14-7-6-13-10/h4-5,8,13-14H,3,6-7H2,1-2H3. The fourth-order valence-corrected chi connectivity index (χ4v) is 1.74. The van der Waals surface area contributed by atoms with Gasteiger partial charge in [-0.1, -0.05) is 0 Å². The maximum absolute atomic E-state index is 11.9. The number of hydrogen-bond donors (Lipinski definition) is 2. The predicted molar refractivity (Wildman–Crippen MR) is 66.1 cm³/mol. The average molecular weight is 219 g/mol. The predicted octanol–water partition coefficient (Wildman–Crippen LogP) is 1.62. The third kappa shape index (κ3) is 1.96. The van der Waals surface area contributed by atoms with Crippen molar-refractivity contribution in [3.8, 4) is 0 Å². The van der Waals surface area contributed by atoms with Crippen LogP contribution in [0.1, 0.15) is 17.3 Å². The van der Waals surface area contributed by atoms with Crippen LogP contribution in [0.2, 0.25) is 0 Å². The summed E-state index contributed by atoms with van der Waals surface area (Å²) in [5.74, 6) is 0.0673. The maximum atomic E-state index is 11.9. The Hall–Kier alpha value is -1.71. The van der Waals surface area contributed by atoms with E-state index in [9.17, 15) is 4.79 Å². The van der Waals surface area contributed by atoms with Crippen LogP contribution in [0.3, 0.4) is 0 Å². The molecule has 0 saturated carbocycles. The van der Waals surface area contributed by atoms with Crippen LogP contribution in [0.25, 0.3) is 0 Å². The van der Waals surface area contributed by atoms with Gasteiger partial charge >= 0.3 is 0 Å². The summed E-state index contributed by atoms with van der Waals surface area (Å²) in [7, 11) is 1.81. The SMILES string of the molecule is CCN(C)C(=O)c1ccc2c(c1)NCCN2. The molecule has 1 aromatic carbocycles. The van der Waals surface area contributed by atoms with Gasteiger partial charge in [-0.2, -0.15) is 0 Å². The van der Waals surface area contributed by atoms with Gasteiger partial charge in [-0.05, 0) is 25.1 Å². The molecule has 1 amide bonds. The Morgan fingerprint density at radius 3 is 2.69 bits per heavy atom. The van der Waals surface area contributed by atoms with E-state index >= 15 is 0 Å². The Kier molecular flexibility index (Phi) is 2.99. The molecule has 4 heteroatoms. The number of nitrogens with one attached hydrogen (secondary N) is 2. The quantitative estimate of drug-likeness (QED) is 0.794. The zero-order valence-corrected chi connectivity index (χ0v) is 9.71. The van der Waals surface area contributed by atoms with E-state index in [1.54, 1.807) is 4.90 Å². The molecule has 2 N–H and O–H groups in total. The molecule has 16 heavy (non-hydrogen) atoms. The second-order valence-corrected chi connectivity index (χ2v) is 3.93. The molecule has 0 aliphatic carbocycles. The summed E-state index contributed by atoms with van der Waals surface area (Å²) in [5.41, 5.74) is 2.82. The first kappa shape index (κ1) is 10.8. The molecule has 0 spiro atoms. The van der Waals surface area contributed by atoms with Gasteiger partial charge in [0, 0.05) is 32.2 Å². The van der Waals surface area contributed by atoms with Crippen molar-refractivity contribution in [3.63, 3.8) is 0 Å². The lowest BCUT2D eigenvalue weighted by atomic mass is 10.1. The van der Waals surface area contributed by atoms with Crippen molar-refractivity contribution in [2.75, 3.05) is 37.3 Å². The van der Waals surface area contributed by atoms with Crippen LogP contribution in [0.5, 0.6) is 0 Å². The van der Waals surface area contributed by atoms with Crippen LogP contribution >= 0.6 is 0 Å². The molecule has 0 atom stereocenters. The summed E-state index contributed by atoms with van der Waals surface area (Å²) < 4.78 is 0. The van der Waals surface area contributed by atoms with Crippen molar-refractivity contribution in [3.05, 3.63) is 23.8 Å². The first-order chi connectivity index (χ1) is 7.72. The zero-order chi connectivity index (χ0) is 11.5. The van der Waals surface area contributed by atoms with Crippen molar-refractivity contribution < 1.29 is 4.79 Å². The van der Waals surface area contributed by atoms with Gasteiger partial charge in [-0.15, -0.1) is 0 Å². The lowest BCUT2D eigenvalue weighted by Gasteiger charge is -2.21. The maximum Gasteiger partial charge on any atom is 0.253 e. The van der Waals surface area contributed by atoms with Crippen molar-refractivity contribution in [1.82, 2.24) is 4.90 Å². The van der Waals surface area contributed by atoms with Gasteiger partial charge in [0.25, 0.3) is 5.91 Å². The number of carbonyl (C=O) groups is 1. The molecule has 0 bridgehead atoms. The molecule has 0 unspecified atom stereocenters. The number of hydrogen-bond acceptors (Lipinski definition) is 3. The Morgan fingerprint density at radius 1 is 1.31 bits per heavy atom. The average Bonchev–Trinajstić information content (AvgIpc) is 2.36. The van der Waals surface area contributed by atoms with E-state index in [-0.39, 0.29) is 5.91 Å². The number of carbonyl (C=O) groups excluding carboxylic acids is 1. The van der Waals surface area contributed by atoms with Crippen LogP contribution in [0, 0.1) is 0 Å². The third-order valence-corrected chi connectivity index (χ3v) is 2.84. The highest BCUT2D eigenvalue weighted by atomic mass is 16.2. The Morgan fingerprint density at radius 2 is 2.00 bits per heavy atom. The Bertz CT molecular complexity index is 403. The summed E-state index contributed by atoms with van der Waals surface area (Å²) in [6.45, 7) is 4.52. The van der Waals surface area contributed by atoms with Gasteiger partial charge in [0.05, 0.1) is 11.4 Å². The van der Waals surface area contributed by atoms with Gasteiger partial charge in [0.15, 0.2) is 0 Å². The van der Waals surface area contributed by atoms with Crippen molar-refractivity contribution >= 4 is 17.3 Å². The lowest BCUT2D eigenvalue weighted by Crippen LogP contribution is -2.27. The van der Waals surface area contributed by atoms with E-state index in [0.717, 1.165) is 36.6 Å². The molecule has 1 aliphatic heterocycles. The first-order valence-electron chi connectivity index (χ1n) is 5.59. The minimum atomic E-state index is 0.0673. The van der Waals surface area contributed by atoms with Gasteiger partial charge in [-0.25, -0.2) is 0 Å². The molecule has 1 aliphatic rings. The molecule has 1 heterocycles. The van der Waals surface area contributed by atoms with Gasteiger partial charge in [0.1, 0.15) is 0 Å². The third-order valence-electron chi connectivity index (χ3n) is 2.84. The van der Waals surface area contributed by atoms with E-state index in [2.05, 4.69) is 10.6 Å². The van der Waals surface area contributed by atoms with Crippen LogP contribution in [0.15, 0.2) is 18.2 Å². The second kappa shape index (κ2) is 4.43. The summed E-state index contributed by atoms with van der Waals surface area (Å²) in [5, 5.41) is 6.57. The number of anilines is 2. The number of nitrogens with zero attached hydrogens (tertiary/aromatic N) is 1. The van der Waals surface area contributed by atoms with Crippen molar-refractivity contribution in [1.29, 1.82) is 0 Å². The molecule has 1 aromatic rings. The molecule has 86 valence electrons. The highest BCUT2D eigenvalue weighted by molar-refractivity contribution is 5.96. The van der Waals surface area contributed by atoms with Crippen LogP contribution in [-0.4, -0.2) is 37.5 Å². The molecule has 4 nitrogen and oxygen atoms in total. The van der Waals surface area contributed by atoms with Crippen molar-refractivity contribution in [2.45, 2.75) is 6.92 Å². The van der Waals surface area contributed by atoms with Gasteiger partial charge in [0.2, 0.25) is 0 Å². The normalized spacial score (nSPS) is 13.4. The first-order valence-corrected chi connectivity index (χ1v) is 5.59. The molecule has 2 rings (SSSR count). The minimum absolute atomic E-state index is 0.0673. The van der Waals surface area contributed by atoms with Gasteiger partial charge in [-0.3, -0.25) is 4.79 Å². The molecular formula is C12H17N3O. The topological polar surface area (TPSA) is 44.4 Å². The monoisotopic (exact) mass is 219 g/mol. The number of rotatable bonds is 2. The van der Waals surface area contributed by atoms with E-state index in [1.807, 2.05) is 32.2 Å². The summed E-state index contributed by atoms with van der Waals surface area (Å²) >= 11 is 0. The summed E-state index contributed by atoms with van der Waals surface area (Å²) in [6, 6.07) is 5.74. The highest BCUT2D eigenvalue weighted by Crippen LogP contribution is 2.25. The largest absolute Gasteiger partial charge is 0.382 e. The van der Waals surface area contributed by atoms with Gasteiger partial charge < -0.3 is 15.5 Å². The fourth-order valence-electron chi connectivity index (χ4n) is 1.74. The van der Waals surface area contributed by atoms with E-state index in [0.29, 0.717) is 0 Å². The van der Waals surface area contributed by atoms with E-state index in [4.69, 9.17) is 0 Å². The lowest BCUT2D eigenvalue weighted by molar-refractivity contribution is 0.0802. The van der Waals surface area contributed by atoms with Crippen LogP contribution < -0.4 is 10.6 Å². The van der Waals surface area contributed by atoms with Crippen LogP contribution in [-0.2, 0) is 0 Å². The molecule has 0 fully saturated rings. The van der Waals surface area contributed by atoms with E-state index in [1.165, 1.54) is 0 Å². The van der Waals surface area contributed by atoms with E-state index < -0.39 is 0 Å². The molecule has 0 aromatic heterocycles. The summed E-state index contributed by atoms with van der Waals surface area (Å²) in [6.07, 6.45) is 0. The zero-order valence-electron chi connectivity index (χ0n) is 9.71. The molecular weight excluding hydrogens is 202 g/mol.